The topological polar surface area (TPSA) is 95.9 Å². The van der Waals surface area contributed by atoms with Crippen molar-refractivity contribution in [1.82, 2.24) is 5.32 Å². The molecule has 3 N–H and O–H groups in total. The van der Waals surface area contributed by atoms with Crippen LogP contribution < -0.4 is 5.32 Å². The Morgan fingerprint density at radius 2 is 0.676 bits per heavy atom. The Hall–Kier alpha value is -1.92. The van der Waals surface area contributed by atoms with Crippen molar-refractivity contribution < 1.29 is 24.5 Å². The van der Waals surface area contributed by atoms with E-state index < -0.39 is 12.1 Å². The Kier molecular flexibility index (Phi) is 62.0. The van der Waals surface area contributed by atoms with Crippen LogP contribution in [-0.4, -0.2) is 47.4 Å². The number of rotatable bonds is 62. The van der Waals surface area contributed by atoms with Crippen LogP contribution >= 0.6 is 0 Å². The number of esters is 1. The van der Waals surface area contributed by atoms with E-state index in [2.05, 4.69) is 55.6 Å². The van der Waals surface area contributed by atoms with E-state index in [1.807, 2.05) is 0 Å². The van der Waals surface area contributed by atoms with Gasteiger partial charge < -0.3 is 20.3 Å². The monoisotopic (exact) mass is 1040 g/mol. The van der Waals surface area contributed by atoms with Crippen molar-refractivity contribution in [1.29, 1.82) is 0 Å². The molecule has 0 aromatic heterocycles. The molecule has 0 fully saturated rings. The summed E-state index contributed by atoms with van der Waals surface area (Å²) < 4.78 is 5.48. The molecule has 0 aliphatic heterocycles. The molecular weight excluding hydrogens is 911 g/mol. The Morgan fingerprint density at radius 1 is 0.378 bits per heavy atom. The normalized spacial score (nSPS) is 12.8. The molecule has 0 aromatic rings. The number of aliphatic hydroxyl groups excluding tert-OH is 2. The van der Waals surface area contributed by atoms with Crippen LogP contribution in [0.1, 0.15) is 361 Å². The number of amides is 1. The molecule has 2 atom stereocenters. The SMILES string of the molecule is CCCCC/C=C\C/C=C\CCCCCCCC(=O)OCCCCCCCCCCCCCC/C=C\CCCCCCCCCC(=O)NC(CO)C(O)CCCCCCCCCCCCCCCCCCCCC. The van der Waals surface area contributed by atoms with Gasteiger partial charge in [-0.1, -0.05) is 301 Å². The van der Waals surface area contributed by atoms with Gasteiger partial charge in [0, 0.05) is 12.8 Å². The predicted octanol–water partition coefficient (Wildman–Crippen LogP) is 21.1. The maximum Gasteiger partial charge on any atom is 0.305 e. The molecule has 0 spiro atoms. The van der Waals surface area contributed by atoms with Gasteiger partial charge in [0.1, 0.15) is 0 Å². The highest BCUT2D eigenvalue weighted by Gasteiger charge is 2.20. The Morgan fingerprint density at radius 3 is 1.07 bits per heavy atom. The number of nitrogens with one attached hydrogen (secondary N) is 1. The molecule has 0 aliphatic carbocycles. The summed E-state index contributed by atoms with van der Waals surface area (Å²) in [4.78, 5) is 24.6. The number of carbonyl (C=O) groups is 2. The predicted molar refractivity (Wildman–Crippen MR) is 324 cm³/mol. The minimum Gasteiger partial charge on any atom is -0.466 e. The number of hydrogen-bond acceptors (Lipinski definition) is 5. The molecule has 0 saturated carbocycles. The van der Waals surface area contributed by atoms with Gasteiger partial charge in [-0.2, -0.15) is 0 Å². The standard InChI is InChI=1S/C68H129NO5/c1-3-5-7-9-11-13-15-17-19-20-26-29-33-36-40-44-48-52-56-60-66(71)65(64-70)69-67(72)61-57-53-49-45-41-37-34-30-27-24-22-21-23-25-28-31-35-39-43-47-51-55-59-63-74-68(73)62-58-54-50-46-42-38-32-18-16-14-12-10-8-6-4-2/h12,14,18,24,27,32,65-66,70-71H,3-11,13,15-17,19-23,25-26,28-31,33-64H2,1-2H3,(H,69,72)/b14-12-,27-24-,32-18-. The minimum atomic E-state index is -0.669. The van der Waals surface area contributed by atoms with Gasteiger partial charge in [-0.25, -0.2) is 0 Å². The molecule has 6 heteroatoms. The van der Waals surface area contributed by atoms with Gasteiger partial charge in [0.25, 0.3) is 0 Å². The number of carbonyl (C=O) groups excluding carboxylic acids is 2. The molecule has 0 heterocycles. The van der Waals surface area contributed by atoms with E-state index in [0.717, 1.165) is 51.4 Å². The number of ether oxygens (including phenoxy) is 1. The van der Waals surface area contributed by atoms with E-state index in [-0.39, 0.29) is 18.5 Å². The molecule has 2 unspecified atom stereocenters. The van der Waals surface area contributed by atoms with Gasteiger partial charge in [0.05, 0.1) is 25.4 Å². The van der Waals surface area contributed by atoms with Gasteiger partial charge in [-0.15, -0.1) is 0 Å². The summed E-state index contributed by atoms with van der Waals surface area (Å²) in [6, 6.07) is -0.547. The van der Waals surface area contributed by atoms with Crippen LogP contribution in [-0.2, 0) is 14.3 Å². The molecule has 74 heavy (non-hydrogen) atoms. The van der Waals surface area contributed by atoms with E-state index in [4.69, 9.17) is 4.74 Å². The summed E-state index contributed by atoms with van der Waals surface area (Å²) in [5.74, 6) is -0.0407. The van der Waals surface area contributed by atoms with Crippen molar-refractivity contribution in [3.05, 3.63) is 36.5 Å². The summed E-state index contributed by atoms with van der Waals surface area (Å²) in [5.41, 5.74) is 0. The second kappa shape index (κ2) is 63.6. The fourth-order valence-electron chi connectivity index (χ4n) is 10.3. The van der Waals surface area contributed by atoms with E-state index >= 15 is 0 Å². The molecule has 0 radical (unpaired) electrons. The maximum absolute atomic E-state index is 12.5. The summed E-state index contributed by atoms with van der Waals surface area (Å²) in [5, 5.41) is 23.4. The Labute approximate surface area is 462 Å². The first-order valence-corrected chi connectivity index (χ1v) is 33.2. The first-order chi connectivity index (χ1) is 36.5. The molecule has 6 nitrogen and oxygen atoms in total. The van der Waals surface area contributed by atoms with Crippen LogP contribution in [0.3, 0.4) is 0 Å². The largest absolute Gasteiger partial charge is 0.466 e. The lowest BCUT2D eigenvalue weighted by Gasteiger charge is -2.22. The second-order valence-electron chi connectivity index (χ2n) is 22.8. The van der Waals surface area contributed by atoms with Crippen LogP contribution in [0.4, 0.5) is 0 Å². The average molecular weight is 1040 g/mol. The summed E-state index contributed by atoms with van der Waals surface area (Å²) in [6.07, 6.45) is 80.2. The molecular formula is C68H129NO5. The summed E-state index contributed by atoms with van der Waals surface area (Å²) >= 11 is 0. The molecule has 436 valence electrons. The van der Waals surface area contributed by atoms with E-state index in [1.165, 1.54) is 276 Å². The lowest BCUT2D eigenvalue weighted by Crippen LogP contribution is -2.45. The minimum absolute atomic E-state index is 0.00215. The van der Waals surface area contributed by atoms with E-state index in [9.17, 15) is 19.8 Å². The lowest BCUT2D eigenvalue weighted by molar-refractivity contribution is -0.143. The quantitative estimate of drug-likeness (QED) is 0.0320. The third kappa shape index (κ3) is 59.3. The zero-order chi connectivity index (χ0) is 53.6. The van der Waals surface area contributed by atoms with Gasteiger partial charge in [-0.3, -0.25) is 9.59 Å². The number of aliphatic hydroxyl groups is 2. The van der Waals surface area contributed by atoms with Crippen molar-refractivity contribution in [3.63, 3.8) is 0 Å². The second-order valence-corrected chi connectivity index (χ2v) is 22.8. The highest BCUT2D eigenvalue weighted by atomic mass is 16.5. The van der Waals surface area contributed by atoms with Gasteiger partial charge in [0.2, 0.25) is 5.91 Å². The number of allylic oxidation sites excluding steroid dienone is 6. The summed E-state index contributed by atoms with van der Waals surface area (Å²) in [6.45, 7) is 4.94. The van der Waals surface area contributed by atoms with Gasteiger partial charge in [0.15, 0.2) is 0 Å². The Bertz CT molecular complexity index is 1200. The number of unbranched alkanes of at least 4 members (excludes halogenated alkanes) is 45. The first kappa shape index (κ1) is 72.1. The third-order valence-electron chi connectivity index (χ3n) is 15.4. The van der Waals surface area contributed by atoms with Crippen molar-refractivity contribution in [2.45, 2.75) is 373 Å². The highest BCUT2D eigenvalue weighted by molar-refractivity contribution is 5.76. The molecule has 0 rings (SSSR count). The number of hydrogen-bond donors (Lipinski definition) is 3. The third-order valence-corrected chi connectivity index (χ3v) is 15.4. The van der Waals surface area contributed by atoms with Crippen molar-refractivity contribution >= 4 is 11.9 Å². The summed E-state index contributed by atoms with van der Waals surface area (Å²) in [7, 11) is 0. The van der Waals surface area contributed by atoms with Gasteiger partial charge >= 0.3 is 5.97 Å². The fourth-order valence-corrected chi connectivity index (χ4v) is 10.3. The molecule has 0 saturated heterocycles. The van der Waals surface area contributed by atoms with Crippen LogP contribution in [0.5, 0.6) is 0 Å². The smallest absolute Gasteiger partial charge is 0.305 e. The van der Waals surface area contributed by atoms with Crippen LogP contribution in [0.25, 0.3) is 0 Å². The van der Waals surface area contributed by atoms with E-state index in [0.29, 0.717) is 25.9 Å². The zero-order valence-corrected chi connectivity index (χ0v) is 49.8. The lowest BCUT2D eigenvalue weighted by atomic mass is 10.0. The van der Waals surface area contributed by atoms with Crippen LogP contribution in [0, 0.1) is 0 Å². The van der Waals surface area contributed by atoms with Crippen LogP contribution in [0.2, 0.25) is 0 Å². The van der Waals surface area contributed by atoms with Gasteiger partial charge in [-0.05, 0) is 83.5 Å². The van der Waals surface area contributed by atoms with Crippen molar-refractivity contribution in [2.75, 3.05) is 13.2 Å². The molecule has 0 aromatic carbocycles. The fraction of sp³-hybridized carbons (Fsp3) is 0.882. The zero-order valence-electron chi connectivity index (χ0n) is 49.8. The average Bonchev–Trinajstić information content (AvgIpc) is 3.40. The van der Waals surface area contributed by atoms with Crippen molar-refractivity contribution in [2.24, 2.45) is 0 Å². The first-order valence-electron chi connectivity index (χ1n) is 33.2. The molecule has 0 aliphatic rings. The molecule has 0 bridgehead atoms. The Balaban J connectivity index is 3.42. The highest BCUT2D eigenvalue weighted by Crippen LogP contribution is 2.18. The van der Waals surface area contributed by atoms with E-state index in [1.54, 1.807) is 0 Å². The molecule has 1 amide bonds. The van der Waals surface area contributed by atoms with Crippen molar-refractivity contribution in [3.8, 4) is 0 Å². The maximum atomic E-state index is 12.5. The van der Waals surface area contributed by atoms with Crippen LogP contribution in [0.15, 0.2) is 36.5 Å².